The third kappa shape index (κ3) is 4.69. The lowest BCUT2D eigenvalue weighted by Gasteiger charge is -2.39. The molecule has 0 atom stereocenters. The number of hydrogen-bond donors (Lipinski definition) is 0. The Hall–Kier alpha value is -3.83. The largest absolute Gasteiger partial charge is 0.336 e. The van der Waals surface area contributed by atoms with Gasteiger partial charge in [-0.1, -0.05) is 66.7 Å². The lowest BCUT2D eigenvalue weighted by molar-refractivity contribution is 0.0597. The second-order valence-corrected chi connectivity index (χ2v) is 8.26. The fraction of sp³-hybridized carbons (Fsp3) is 0.179. The Morgan fingerprint density at radius 2 is 1.33 bits per heavy atom. The molecule has 2 aromatic heterocycles. The van der Waals surface area contributed by atoms with Gasteiger partial charge in [-0.05, 0) is 23.3 Å². The summed E-state index contributed by atoms with van der Waals surface area (Å²) >= 11 is 0. The Morgan fingerprint density at radius 1 is 0.697 bits per heavy atom. The molecule has 5 nitrogen and oxygen atoms in total. The van der Waals surface area contributed by atoms with E-state index in [1.54, 1.807) is 24.8 Å². The fourth-order valence-electron chi connectivity index (χ4n) is 4.50. The maximum absolute atomic E-state index is 13.3. The van der Waals surface area contributed by atoms with Crippen LogP contribution in [0, 0.1) is 0 Å². The Bertz CT molecular complexity index is 1150. The van der Waals surface area contributed by atoms with Crippen molar-refractivity contribution in [2.24, 2.45) is 0 Å². The molecular weight excluding hydrogens is 408 g/mol. The number of carbonyl (C=O) groups is 1. The Morgan fingerprint density at radius 3 is 1.94 bits per heavy atom. The summed E-state index contributed by atoms with van der Waals surface area (Å²) in [5.74, 6) is 0.0314. The van der Waals surface area contributed by atoms with Crippen LogP contribution in [0.5, 0.6) is 0 Å². The highest BCUT2D eigenvalue weighted by molar-refractivity contribution is 5.95. The van der Waals surface area contributed by atoms with Crippen molar-refractivity contribution in [1.29, 1.82) is 0 Å². The molecule has 164 valence electrons. The first kappa shape index (κ1) is 21.0. The minimum absolute atomic E-state index is 0.0314. The summed E-state index contributed by atoms with van der Waals surface area (Å²) in [6.07, 6.45) is 6.96. The van der Waals surface area contributed by atoms with Gasteiger partial charge in [0.25, 0.3) is 5.91 Å². The maximum atomic E-state index is 13.3. The molecule has 5 rings (SSSR count). The molecule has 0 saturated carbocycles. The van der Waals surface area contributed by atoms with Gasteiger partial charge >= 0.3 is 0 Å². The van der Waals surface area contributed by atoms with Crippen molar-refractivity contribution in [1.82, 2.24) is 19.8 Å². The van der Waals surface area contributed by atoms with Gasteiger partial charge in [-0.15, -0.1) is 0 Å². The lowest BCUT2D eigenvalue weighted by Crippen LogP contribution is -2.49. The van der Waals surface area contributed by atoms with Crippen molar-refractivity contribution in [2.45, 2.75) is 6.04 Å². The van der Waals surface area contributed by atoms with Crippen LogP contribution in [0.1, 0.15) is 27.5 Å². The van der Waals surface area contributed by atoms with E-state index in [1.165, 1.54) is 11.1 Å². The van der Waals surface area contributed by atoms with E-state index in [4.69, 9.17) is 0 Å². The predicted molar refractivity (Wildman–Crippen MR) is 130 cm³/mol. The standard InChI is InChI=1S/C28H26N4O/c33-28(26-18-25(20-30-21-26)24-12-7-13-29-19-24)32-16-14-31(15-17-32)27(22-8-3-1-4-9-22)23-10-5-2-6-11-23/h1-13,18-21,27H,14-17H2. The molecule has 2 aromatic carbocycles. The van der Waals surface area contributed by atoms with Crippen LogP contribution in [0.4, 0.5) is 0 Å². The van der Waals surface area contributed by atoms with Crippen LogP contribution in [0.15, 0.2) is 104 Å². The van der Waals surface area contributed by atoms with Crippen LogP contribution in [0.3, 0.4) is 0 Å². The molecular formula is C28H26N4O. The number of nitrogens with zero attached hydrogens (tertiary/aromatic N) is 4. The highest BCUT2D eigenvalue weighted by Gasteiger charge is 2.28. The average Bonchev–Trinajstić information content (AvgIpc) is 2.91. The minimum Gasteiger partial charge on any atom is -0.336 e. The third-order valence-corrected chi connectivity index (χ3v) is 6.18. The van der Waals surface area contributed by atoms with Gasteiger partial charge in [-0.2, -0.15) is 0 Å². The zero-order chi connectivity index (χ0) is 22.5. The smallest absolute Gasteiger partial charge is 0.255 e. The number of rotatable bonds is 5. The summed E-state index contributed by atoms with van der Waals surface area (Å²) in [7, 11) is 0. The second-order valence-electron chi connectivity index (χ2n) is 8.26. The molecule has 0 spiro atoms. The van der Waals surface area contributed by atoms with E-state index < -0.39 is 0 Å². The van der Waals surface area contributed by atoms with Gasteiger partial charge in [-0.3, -0.25) is 19.7 Å². The summed E-state index contributed by atoms with van der Waals surface area (Å²) in [6, 6.07) is 27.2. The van der Waals surface area contributed by atoms with Crippen LogP contribution in [-0.4, -0.2) is 51.9 Å². The first-order valence-electron chi connectivity index (χ1n) is 11.3. The van der Waals surface area contributed by atoms with E-state index in [9.17, 15) is 4.79 Å². The summed E-state index contributed by atoms with van der Waals surface area (Å²) in [6.45, 7) is 3.00. The normalized spacial score (nSPS) is 14.4. The summed E-state index contributed by atoms with van der Waals surface area (Å²) in [5, 5.41) is 0. The third-order valence-electron chi connectivity index (χ3n) is 6.18. The van der Waals surface area contributed by atoms with Crippen molar-refractivity contribution in [3.63, 3.8) is 0 Å². The minimum atomic E-state index is 0.0314. The topological polar surface area (TPSA) is 49.3 Å². The fourth-order valence-corrected chi connectivity index (χ4v) is 4.50. The quantitative estimate of drug-likeness (QED) is 0.457. The molecule has 5 heteroatoms. The van der Waals surface area contributed by atoms with E-state index in [-0.39, 0.29) is 11.9 Å². The van der Waals surface area contributed by atoms with Crippen molar-refractivity contribution < 1.29 is 4.79 Å². The van der Waals surface area contributed by atoms with Crippen molar-refractivity contribution in [3.05, 3.63) is 120 Å². The lowest BCUT2D eigenvalue weighted by atomic mass is 9.96. The number of piperazine rings is 1. The molecule has 4 aromatic rings. The van der Waals surface area contributed by atoms with Gasteiger partial charge in [0.2, 0.25) is 0 Å². The van der Waals surface area contributed by atoms with Crippen LogP contribution in [-0.2, 0) is 0 Å². The van der Waals surface area contributed by atoms with Gasteiger partial charge < -0.3 is 4.90 Å². The van der Waals surface area contributed by atoms with Crippen LogP contribution in [0.2, 0.25) is 0 Å². The van der Waals surface area contributed by atoms with Gasteiger partial charge in [0.15, 0.2) is 0 Å². The molecule has 1 amide bonds. The summed E-state index contributed by atoms with van der Waals surface area (Å²) in [4.78, 5) is 26.1. The van der Waals surface area contributed by atoms with Gasteiger partial charge in [0.1, 0.15) is 0 Å². The number of amides is 1. The van der Waals surface area contributed by atoms with Crippen molar-refractivity contribution in [3.8, 4) is 11.1 Å². The number of hydrogen-bond acceptors (Lipinski definition) is 4. The molecule has 3 heterocycles. The molecule has 1 fully saturated rings. The molecule has 0 bridgehead atoms. The molecule has 0 aliphatic carbocycles. The zero-order valence-electron chi connectivity index (χ0n) is 18.4. The number of benzene rings is 2. The molecule has 1 aliphatic heterocycles. The Labute approximate surface area is 194 Å². The first-order chi connectivity index (χ1) is 16.3. The summed E-state index contributed by atoms with van der Waals surface area (Å²) in [5.41, 5.74) is 5.03. The second kappa shape index (κ2) is 9.76. The molecule has 1 saturated heterocycles. The Balaban J connectivity index is 1.32. The van der Waals surface area contributed by atoms with E-state index >= 15 is 0 Å². The van der Waals surface area contributed by atoms with Gasteiger partial charge in [-0.25, -0.2) is 0 Å². The highest BCUT2D eigenvalue weighted by atomic mass is 16.2. The highest BCUT2D eigenvalue weighted by Crippen LogP contribution is 2.29. The van der Waals surface area contributed by atoms with Crippen molar-refractivity contribution >= 4 is 5.91 Å². The predicted octanol–water partition coefficient (Wildman–Crippen LogP) is 4.69. The van der Waals surface area contributed by atoms with Crippen LogP contribution in [0.25, 0.3) is 11.1 Å². The van der Waals surface area contributed by atoms with E-state index in [2.05, 4.69) is 75.5 Å². The molecule has 0 radical (unpaired) electrons. The Kier molecular flexibility index (Phi) is 6.22. The SMILES string of the molecule is O=C(c1cncc(-c2cccnc2)c1)N1CCN(C(c2ccccc2)c2ccccc2)CC1. The first-order valence-corrected chi connectivity index (χ1v) is 11.3. The average molecular weight is 435 g/mol. The summed E-state index contributed by atoms with van der Waals surface area (Å²) < 4.78 is 0. The molecule has 1 aliphatic rings. The number of pyridine rings is 2. The van der Waals surface area contributed by atoms with E-state index in [0.29, 0.717) is 18.7 Å². The van der Waals surface area contributed by atoms with Crippen molar-refractivity contribution in [2.75, 3.05) is 26.2 Å². The molecule has 0 N–H and O–H groups in total. The molecule has 33 heavy (non-hydrogen) atoms. The van der Waals surface area contributed by atoms with Gasteiger partial charge in [0, 0.05) is 62.1 Å². The van der Waals surface area contributed by atoms with Crippen LogP contribution >= 0.6 is 0 Å². The van der Waals surface area contributed by atoms with E-state index in [0.717, 1.165) is 24.2 Å². The van der Waals surface area contributed by atoms with Gasteiger partial charge in [0.05, 0.1) is 11.6 Å². The maximum Gasteiger partial charge on any atom is 0.255 e. The molecule has 0 unspecified atom stereocenters. The number of carbonyl (C=O) groups excluding carboxylic acids is 1. The number of aromatic nitrogens is 2. The monoisotopic (exact) mass is 434 g/mol. The van der Waals surface area contributed by atoms with Crippen LogP contribution < -0.4 is 0 Å². The zero-order valence-corrected chi connectivity index (χ0v) is 18.4. The van der Waals surface area contributed by atoms with E-state index in [1.807, 2.05) is 23.1 Å².